The minimum Gasteiger partial charge on any atom is -0.487 e. The van der Waals surface area contributed by atoms with Gasteiger partial charge in [0.2, 0.25) is 0 Å². The standard InChI is InChI=1S/C14H8ClF2NO/c15-12-2-1-3-14(11(12)7-18)19-8-9-4-5-10(16)6-13(9)17/h1-6H,8H2. The van der Waals surface area contributed by atoms with Crippen molar-refractivity contribution in [2.24, 2.45) is 0 Å². The Morgan fingerprint density at radius 3 is 2.68 bits per heavy atom. The van der Waals surface area contributed by atoms with Crippen LogP contribution in [0.4, 0.5) is 8.78 Å². The average molecular weight is 280 g/mol. The molecule has 2 rings (SSSR count). The highest BCUT2D eigenvalue weighted by molar-refractivity contribution is 6.31. The molecule has 0 aliphatic rings. The molecule has 0 aliphatic carbocycles. The molecule has 2 aromatic rings. The second-order valence-corrected chi connectivity index (χ2v) is 4.16. The quantitative estimate of drug-likeness (QED) is 0.848. The molecule has 0 radical (unpaired) electrons. The Balaban J connectivity index is 2.20. The predicted octanol–water partition coefficient (Wildman–Crippen LogP) is 4.07. The molecular formula is C14H8ClF2NO. The third-order valence-corrected chi connectivity index (χ3v) is 2.80. The zero-order chi connectivity index (χ0) is 13.8. The van der Waals surface area contributed by atoms with Crippen molar-refractivity contribution in [3.05, 3.63) is 64.2 Å². The highest BCUT2D eigenvalue weighted by atomic mass is 35.5. The van der Waals surface area contributed by atoms with Crippen LogP contribution in [0.5, 0.6) is 5.75 Å². The first-order valence-corrected chi connectivity index (χ1v) is 5.75. The highest BCUT2D eigenvalue weighted by Crippen LogP contribution is 2.26. The molecule has 0 amide bonds. The molecule has 2 nitrogen and oxygen atoms in total. The zero-order valence-corrected chi connectivity index (χ0v) is 10.4. The fraction of sp³-hybridized carbons (Fsp3) is 0.0714. The third kappa shape index (κ3) is 3.01. The average Bonchev–Trinajstić information content (AvgIpc) is 2.38. The molecule has 0 heterocycles. The van der Waals surface area contributed by atoms with Crippen LogP contribution in [0.3, 0.4) is 0 Å². The number of benzene rings is 2. The maximum atomic E-state index is 13.4. The molecule has 96 valence electrons. The van der Waals surface area contributed by atoms with Gasteiger partial charge in [0.15, 0.2) is 0 Å². The van der Waals surface area contributed by atoms with Crippen molar-refractivity contribution < 1.29 is 13.5 Å². The number of rotatable bonds is 3. The van der Waals surface area contributed by atoms with Crippen LogP contribution >= 0.6 is 11.6 Å². The van der Waals surface area contributed by atoms with Crippen molar-refractivity contribution >= 4 is 11.6 Å². The van der Waals surface area contributed by atoms with E-state index >= 15 is 0 Å². The van der Waals surface area contributed by atoms with Gasteiger partial charge in [0, 0.05) is 11.6 Å². The Bertz CT molecular complexity index is 652. The van der Waals surface area contributed by atoms with E-state index in [-0.39, 0.29) is 28.5 Å². The minimum atomic E-state index is -0.694. The molecule has 0 saturated carbocycles. The van der Waals surface area contributed by atoms with Gasteiger partial charge >= 0.3 is 0 Å². The van der Waals surface area contributed by atoms with Gasteiger partial charge < -0.3 is 4.74 Å². The summed E-state index contributed by atoms with van der Waals surface area (Å²) in [5.41, 5.74) is 0.386. The number of ether oxygens (including phenoxy) is 1. The van der Waals surface area contributed by atoms with Crippen molar-refractivity contribution in [1.82, 2.24) is 0 Å². The lowest BCUT2D eigenvalue weighted by Gasteiger charge is -2.09. The summed E-state index contributed by atoms with van der Waals surface area (Å²) in [6.07, 6.45) is 0. The molecule has 0 bridgehead atoms. The van der Waals surface area contributed by atoms with Crippen LogP contribution in [-0.2, 0) is 6.61 Å². The van der Waals surface area contributed by atoms with E-state index in [1.807, 2.05) is 6.07 Å². The van der Waals surface area contributed by atoms with E-state index < -0.39 is 11.6 Å². The number of nitrogens with zero attached hydrogens (tertiary/aromatic N) is 1. The van der Waals surface area contributed by atoms with E-state index in [0.717, 1.165) is 12.1 Å². The molecule has 5 heteroatoms. The fourth-order valence-electron chi connectivity index (χ4n) is 1.53. The normalized spacial score (nSPS) is 10.0. The molecule has 19 heavy (non-hydrogen) atoms. The summed E-state index contributed by atoms with van der Waals surface area (Å²) >= 11 is 5.84. The number of nitriles is 1. The molecule has 0 atom stereocenters. The summed E-state index contributed by atoms with van der Waals surface area (Å²) in [4.78, 5) is 0. The van der Waals surface area contributed by atoms with Crippen LogP contribution in [0, 0.1) is 23.0 Å². The summed E-state index contributed by atoms with van der Waals surface area (Å²) in [6, 6.07) is 9.88. The van der Waals surface area contributed by atoms with Gasteiger partial charge in [-0.15, -0.1) is 0 Å². The van der Waals surface area contributed by atoms with Gasteiger partial charge in [0.25, 0.3) is 0 Å². The topological polar surface area (TPSA) is 33.0 Å². The fourth-order valence-corrected chi connectivity index (χ4v) is 1.74. The molecule has 0 aromatic heterocycles. The first-order chi connectivity index (χ1) is 9.11. The molecule has 0 aliphatic heterocycles. The lowest BCUT2D eigenvalue weighted by Crippen LogP contribution is -2.00. The summed E-state index contributed by atoms with van der Waals surface area (Å²) in [5, 5.41) is 9.21. The van der Waals surface area contributed by atoms with E-state index in [9.17, 15) is 8.78 Å². The number of hydrogen-bond donors (Lipinski definition) is 0. The highest BCUT2D eigenvalue weighted by Gasteiger charge is 2.09. The van der Waals surface area contributed by atoms with Gasteiger partial charge in [-0.1, -0.05) is 17.7 Å². The molecule has 2 aromatic carbocycles. The van der Waals surface area contributed by atoms with Crippen molar-refractivity contribution in [1.29, 1.82) is 5.26 Å². The molecule has 0 saturated heterocycles. The summed E-state index contributed by atoms with van der Waals surface area (Å²) in [6.45, 7) is -0.110. The van der Waals surface area contributed by atoms with Crippen LogP contribution in [0.1, 0.15) is 11.1 Å². The van der Waals surface area contributed by atoms with Crippen molar-refractivity contribution in [2.75, 3.05) is 0 Å². The molecule has 0 fully saturated rings. The van der Waals surface area contributed by atoms with Crippen molar-refractivity contribution in [3.63, 3.8) is 0 Å². The second-order valence-electron chi connectivity index (χ2n) is 3.75. The largest absolute Gasteiger partial charge is 0.487 e. The SMILES string of the molecule is N#Cc1c(Cl)cccc1OCc1ccc(F)cc1F. The van der Waals surface area contributed by atoms with E-state index in [4.69, 9.17) is 21.6 Å². The van der Waals surface area contributed by atoms with Crippen LogP contribution in [0.25, 0.3) is 0 Å². The maximum Gasteiger partial charge on any atom is 0.139 e. The van der Waals surface area contributed by atoms with Crippen LogP contribution in [0.2, 0.25) is 5.02 Å². The number of halogens is 3. The molecular weight excluding hydrogens is 272 g/mol. The molecule has 0 unspecified atom stereocenters. The smallest absolute Gasteiger partial charge is 0.139 e. The first-order valence-electron chi connectivity index (χ1n) is 5.37. The summed E-state index contributed by atoms with van der Waals surface area (Å²) in [5.74, 6) is -1.08. The van der Waals surface area contributed by atoms with Crippen LogP contribution < -0.4 is 4.74 Å². The number of hydrogen-bond acceptors (Lipinski definition) is 2. The Labute approximate surface area is 113 Å². The van der Waals surface area contributed by atoms with E-state index in [1.165, 1.54) is 6.07 Å². The third-order valence-electron chi connectivity index (χ3n) is 2.49. The molecule has 0 spiro atoms. The van der Waals surface area contributed by atoms with E-state index in [0.29, 0.717) is 0 Å². The van der Waals surface area contributed by atoms with E-state index in [2.05, 4.69) is 0 Å². The van der Waals surface area contributed by atoms with Crippen LogP contribution in [0.15, 0.2) is 36.4 Å². The van der Waals surface area contributed by atoms with Gasteiger partial charge in [-0.2, -0.15) is 5.26 Å². The Hall–Kier alpha value is -2.12. The summed E-state index contributed by atoms with van der Waals surface area (Å²) < 4.78 is 31.5. The van der Waals surface area contributed by atoms with Crippen molar-refractivity contribution in [2.45, 2.75) is 6.61 Å². The second kappa shape index (κ2) is 5.68. The predicted molar refractivity (Wildman–Crippen MR) is 66.9 cm³/mol. The van der Waals surface area contributed by atoms with E-state index in [1.54, 1.807) is 18.2 Å². The van der Waals surface area contributed by atoms with Crippen molar-refractivity contribution in [3.8, 4) is 11.8 Å². The first kappa shape index (κ1) is 13.3. The maximum absolute atomic E-state index is 13.4. The van der Waals surface area contributed by atoms with Gasteiger partial charge in [0.1, 0.15) is 35.6 Å². The Morgan fingerprint density at radius 1 is 1.21 bits per heavy atom. The van der Waals surface area contributed by atoms with Gasteiger partial charge in [-0.05, 0) is 24.3 Å². The lowest BCUT2D eigenvalue weighted by molar-refractivity contribution is 0.298. The zero-order valence-electron chi connectivity index (χ0n) is 9.66. The van der Waals surface area contributed by atoms with Gasteiger partial charge in [-0.25, -0.2) is 8.78 Å². The minimum absolute atomic E-state index is 0.110. The van der Waals surface area contributed by atoms with Gasteiger partial charge in [0.05, 0.1) is 5.02 Å². The molecule has 0 N–H and O–H groups in total. The Morgan fingerprint density at radius 2 is 2.00 bits per heavy atom. The monoisotopic (exact) mass is 279 g/mol. The van der Waals surface area contributed by atoms with Crippen LogP contribution in [-0.4, -0.2) is 0 Å². The lowest BCUT2D eigenvalue weighted by atomic mass is 10.2. The Kier molecular flexibility index (Phi) is 3.98. The van der Waals surface area contributed by atoms with Gasteiger partial charge in [-0.3, -0.25) is 0 Å². The summed E-state index contributed by atoms with van der Waals surface area (Å²) in [7, 11) is 0.